The Labute approximate surface area is 146 Å². The van der Waals surface area contributed by atoms with Crippen LogP contribution in [0.25, 0.3) is 0 Å². The van der Waals surface area contributed by atoms with Gasteiger partial charge in [0.05, 0.1) is 6.10 Å². The first-order valence-electron chi connectivity index (χ1n) is 8.26. The number of nitrogens with one attached hydrogen (secondary N) is 1. The number of carboxylic acids is 1. The molecule has 1 fully saturated rings. The van der Waals surface area contributed by atoms with Gasteiger partial charge in [-0.25, -0.2) is 4.98 Å². The highest BCUT2D eigenvalue weighted by atomic mass is 16.4. The first kappa shape index (κ1) is 17.2. The lowest BCUT2D eigenvalue weighted by Gasteiger charge is -2.43. The molecule has 0 aliphatic carbocycles. The van der Waals surface area contributed by atoms with Crippen LogP contribution >= 0.6 is 0 Å². The zero-order chi connectivity index (χ0) is 17.9. The second-order valence-electron chi connectivity index (χ2n) is 6.34. The molecule has 0 unspecified atom stereocenters. The lowest BCUT2D eigenvalue weighted by atomic mass is 9.73. The molecule has 1 aromatic carbocycles. The fraction of sp³-hybridized carbons (Fsp3) is 0.389. The van der Waals surface area contributed by atoms with E-state index < -0.39 is 17.5 Å². The molecule has 3 N–H and O–H groups in total. The molecule has 0 saturated carbocycles. The van der Waals surface area contributed by atoms with E-state index in [-0.39, 0.29) is 13.0 Å². The van der Waals surface area contributed by atoms with Crippen molar-refractivity contribution < 1.29 is 15.0 Å². The van der Waals surface area contributed by atoms with Crippen molar-refractivity contribution >= 4 is 17.7 Å². The van der Waals surface area contributed by atoms with Gasteiger partial charge in [0.2, 0.25) is 5.95 Å². The summed E-state index contributed by atoms with van der Waals surface area (Å²) in [5.41, 5.74) is -0.408. The number of carbonyl (C=O) groups is 1. The van der Waals surface area contributed by atoms with Gasteiger partial charge >= 0.3 is 5.97 Å². The smallest absolute Gasteiger partial charge is 0.314 e. The summed E-state index contributed by atoms with van der Waals surface area (Å²) in [5, 5.41) is 23.5. The van der Waals surface area contributed by atoms with Crippen molar-refractivity contribution in [3.05, 3.63) is 48.2 Å². The number of carboxylic acid groups (broad SMARTS) is 1. The minimum Gasteiger partial charge on any atom is -0.481 e. The maximum atomic E-state index is 12.2. The van der Waals surface area contributed by atoms with Crippen molar-refractivity contribution in [1.82, 2.24) is 9.97 Å². The predicted octanol–water partition coefficient (Wildman–Crippen LogP) is 1.40. The molecule has 1 saturated heterocycles. The van der Waals surface area contributed by atoms with E-state index in [0.717, 1.165) is 5.56 Å². The zero-order valence-corrected chi connectivity index (χ0v) is 14.1. The van der Waals surface area contributed by atoms with Gasteiger partial charge < -0.3 is 20.4 Å². The summed E-state index contributed by atoms with van der Waals surface area (Å²) in [5.74, 6) is 0.135. The Morgan fingerprint density at radius 1 is 1.36 bits per heavy atom. The predicted molar refractivity (Wildman–Crippen MR) is 94.6 cm³/mol. The molecule has 0 amide bonds. The Hall–Kier alpha value is -2.67. The largest absolute Gasteiger partial charge is 0.481 e. The molecule has 0 radical (unpaired) electrons. The molecule has 7 nitrogen and oxygen atoms in total. The summed E-state index contributed by atoms with van der Waals surface area (Å²) < 4.78 is 0. The molecule has 25 heavy (non-hydrogen) atoms. The summed E-state index contributed by atoms with van der Waals surface area (Å²) in [6.07, 6.45) is 1.33. The van der Waals surface area contributed by atoms with Gasteiger partial charge in [-0.1, -0.05) is 30.3 Å². The molecule has 2 aromatic rings. The second-order valence-corrected chi connectivity index (χ2v) is 6.34. The number of aromatic nitrogens is 2. The van der Waals surface area contributed by atoms with E-state index in [1.54, 1.807) is 19.3 Å². The van der Waals surface area contributed by atoms with Crippen molar-refractivity contribution in [1.29, 1.82) is 0 Å². The maximum Gasteiger partial charge on any atom is 0.314 e. The molecule has 132 valence electrons. The minimum absolute atomic E-state index is 0.158. The molecule has 0 spiro atoms. The van der Waals surface area contributed by atoms with Crippen molar-refractivity contribution in [3.63, 3.8) is 0 Å². The average Bonchev–Trinajstić information content (AvgIpc) is 2.64. The normalized spacial score (nSPS) is 23.3. The third-order valence-corrected chi connectivity index (χ3v) is 4.75. The molecule has 1 aliphatic rings. The Morgan fingerprint density at radius 2 is 2.12 bits per heavy atom. The Morgan fingerprint density at radius 3 is 2.80 bits per heavy atom. The van der Waals surface area contributed by atoms with Crippen LogP contribution < -0.4 is 10.2 Å². The topological polar surface area (TPSA) is 98.6 Å². The van der Waals surface area contributed by atoms with Crippen LogP contribution in [0.2, 0.25) is 0 Å². The monoisotopic (exact) mass is 342 g/mol. The molecular formula is C18H22N4O3. The number of anilines is 2. The van der Waals surface area contributed by atoms with Gasteiger partial charge in [0.25, 0.3) is 0 Å². The summed E-state index contributed by atoms with van der Waals surface area (Å²) >= 11 is 0. The van der Waals surface area contributed by atoms with Crippen LogP contribution in [0, 0.1) is 5.41 Å². The van der Waals surface area contributed by atoms with Gasteiger partial charge in [-0.2, -0.15) is 4.98 Å². The van der Waals surface area contributed by atoms with Gasteiger partial charge in [0.15, 0.2) is 0 Å². The fourth-order valence-electron chi connectivity index (χ4n) is 3.31. The lowest BCUT2D eigenvalue weighted by Crippen LogP contribution is -2.57. The van der Waals surface area contributed by atoms with Crippen LogP contribution in [-0.4, -0.2) is 52.4 Å². The van der Waals surface area contributed by atoms with E-state index in [1.165, 1.54) is 0 Å². The lowest BCUT2D eigenvalue weighted by molar-refractivity contribution is -0.157. The van der Waals surface area contributed by atoms with Gasteiger partial charge in [0.1, 0.15) is 11.2 Å². The number of nitrogens with zero attached hydrogens (tertiary/aromatic N) is 3. The van der Waals surface area contributed by atoms with Gasteiger partial charge in [0, 0.05) is 26.3 Å². The van der Waals surface area contributed by atoms with E-state index in [0.29, 0.717) is 24.7 Å². The highest BCUT2D eigenvalue weighted by Gasteiger charge is 2.49. The van der Waals surface area contributed by atoms with Gasteiger partial charge in [-0.15, -0.1) is 0 Å². The average molecular weight is 342 g/mol. The number of aliphatic carboxylic acids is 1. The van der Waals surface area contributed by atoms with Gasteiger partial charge in [-0.3, -0.25) is 4.79 Å². The van der Waals surface area contributed by atoms with E-state index in [4.69, 9.17) is 0 Å². The highest BCUT2D eigenvalue weighted by molar-refractivity contribution is 5.77. The maximum absolute atomic E-state index is 12.2. The van der Waals surface area contributed by atoms with E-state index >= 15 is 0 Å². The fourth-order valence-corrected chi connectivity index (χ4v) is 3.31. The summed E-state index contributed by atoms with van der Waals surface area (Å²) in [6.45, 7) is 0.670. The van der Waals surface area contributed by atoms with Crippen molar-refractivity contribution in [2.45, 2.75) is 18.9 Å². The van der Waals surface area contributed by atoms with E-state index in [2.05, 4.69) is 15.3 Å². The number of aliphatic hydroxyl groups excluding tert-OH is 1. The molecule has 0 bridgehead atoms. The van der Waals surface area contributed by atoms with Crippen LogP contribution in [0.1, 0.15) is 12.0 Å². The molecule has 3 rings (SSSR count). The van der Waals surface area contributed by atoms with Crippen LogP contribution in [-0.2, 0) is 11.2 Å². The van der Waals surface area contributed by atoms with Crippen LogP contribution in [0.15, 0.2) is 42.6 Å². The van der Waals surface area contributed by atoms with E-state index in [9.17, 15) is 15.0 Å². The third-order valence-electron chi connectivity index (χ3n) is 4.75. The number of aliphatic hydroxyl groups is 1. The summed E-state index contributed by atoms with van der Waals surface area (Å²) in [6, 6.07) is 11.1. The number of benzene rings is 1. The molecule has 2 heterocycles. The van der Waals surface area contributed by atoms with E-state index in [1.807, 2.05) is 35.2 Å². The minimum atomic E-state index is -1.29. The number of piperidine rings is 1. The SMILES string of the molecule is CNc1ccnc(N2CC[C@@H](O)[C@](Cc3ccccc3)(C(=O)O)C2)n1. The van der Waals surface area contributed by atoms with Crippen molar-refractivity contribution in [2.75, 3.05) is 30.4 Å². The molecule has 1 aromatic heterocycles. The van der Waals surface area contributed by atoms with Crippen LogP contribution in [0.4, 0.5) is 11.8 Å². The van der Waals surface area contributed by atoms with Gasteiger partial charge in [-0.05, 0) is 24.5 Å². The summed E-state index contributed by atoms with van der Waals surface area (Å²) in [7, 11) is 1.77. The van der Waals surface area contributed by atoms with Crippen LogP contribution in [0.5, 0.6) is 0 Å². The van der Waals surface area contributed by atoms with Crippen molar-refractivity contribution in [3.8, 4) is 0 Å². The second kappa shape index (κ2) is 7.06. The molecule has 7 heteroatoms. The Balaban J connectivity index is 1.92. The first-order valence-corrected chi connectivity index (χ1v) is 8.26. The Kier molecular flexibility index (Phi) is 4.85. The number of hydrogen-bond donors (Lipinski definition) is 3. The first-order chi connectivity index (χ1) is 12.0. The third kappa shape index (κ3) is 3.41. The molecule has 1 aliphatic heterocycles. The number of rotatable bonds is 5. The Bertz CT molecular complexity index is 740. The standard InChI is InChI=1S/C18H22N4O3/c1-19-15-7-9-20-17(21-15)22-10-8-14(23)18(12-22,16(24)25)11-13-5-3-2-4-6-13/h2-7,9,14,23H,8,10-12H2,1H3,(H,24,25)(H,19,20,21)/t14-,18-/m1/s1. The van der Waals surface area contributed by atoms with Crippen molar-refractivity contribution in [2.24, 2.45) is 5.41 Å². The molecule has 2 atom stereocenters. The highest BCUT2D eigenvalue weighted by Crippen LogP contribution is 2.36. The molecular weight excluding hydrogens is 320 g/mol. The summed E-state index contributed by atoms with van der Waals surface area (Å²) in [4.78, 5) is 22.7. The zero-order valence-electron chi connectivity index (χ0n) is 14.1. The van der Waals surface area contributed by atoms with Crippen LogP contribution in [0.3, 0.4) is 0 Å². The quantitative estimate of drug-likeness (QED) is 0.755. The number of hydrogen-bond acceptors (Lipinski definition) is 6.